The van der Waals surface area contributed by atoms with Crippen molar-refractivity contribution >= 4 is 11.7 Å². The van der Waals surface area contributed by atoms with Gasteiger partial charge in [-0.2, -0.15) is 5.26 Å². The van der Waals surface area contributed by atoms with Crippen LogP contribution in [-0.4, -0.2) is 10.9 Å². The van der Waals surface area contributed by atoms with Crippen molar-refractivity contribution in [3.63, 3.8) is 0 Å². The number of pyridine rings is 1. The Morgan fingerprint density at radius 1 is 1.25 bits per heavy atom. The summed E-state index contributed by atoms with van der Waals surface area (Å²) in [5.41, 5.74) is 2.28. The van der Waals surface area contributed by atoms with Crippen LogP contribution in [0, 0.1) is 11.3 Å². The second-order valence-electron chi connectivity index (χ2n) is 4.44. The molecule has 1 heterocycles. The summed E-state index contributed by atoms with van der Waals surface area (Å²) < 4.78 is 0. The summed E-state index contributed by atoms with van der Waals surface area (Å²) in [7, 11) is 0. The van der Waals surface area contributed by atoms with Crippen molar-refractivity contribution < 1.29 is 4.79 Å². The summed E-state index contributed by atoms with van der Waals surface area (Å²) in [4.78, 5) is 16.0. The number of nitriles is 1. The number of rotatable bonds is 4. The fraction of sp³-hybridized carbons (Fsp3) is 0.188. The van der Waals surface area contributed by atoms with Gasteiger partial charge in [0.1, 0.15) is 11.9 Å². The van der Waals surface area contributed by atoms with E-state index in [1.807, 2.05) is 30.3 Å². The Kier molecular flexibility index (Phi) is 4.46. The number of carbonyl (C=O) groups excluding carboxylic acids is 1. The molecule has 0 unspecified atom stereocenters. The van der Waals surface area contributed by atoms with Gasteiger partial charge in [-0.3, -0.25) is 4.79 Å². The van der Waals surface area contributed by atoms with Crippen molar-refractivity contribution in [3.8, 4) is 6.07 Å². The van der Waals surface area contributed by atoms with Gasteiger partial charge in [-0.25, -0.2) is 4.98 Å². The van der Waals surface area contributed by atoms with E-state index in [-0.39, 0.29) is 5.91 Å². The lowest BCUT2D eigenvalue weighted by Gasteiger charge is -2.05. The first-order valence-corrected chi connectivity index (χ1v) is 6.49. The van der Waals surface area contributed by atoms with Crippen molar-refractivity contribution in [2.45, 2.75) is 19.8 Å². The molecule has 2 aromatic rings. The quantitative estimate of drug-likeness (QED) is 0.923. The summed E-state index contributed by atoms with van der Waals surface area (Å²) in [5, 5.41) is 11.4. The van der Waals surface area contributed by atoms with Crippen LogP contribution in [0.25, 0.3) is 0 Å². The molecular formula is C16H15N3O. The molecule has 0 saturated carbocycles. The largest absolute Gasteiger partial charge is 0.307 e. The second kappa shape index (κ2) is 6.48. The average Bonchev–Trinajstić information content (AvgIpc) is 2.49. The van der Waals surface area contributed by atoms with E-state index in [4.69, 9.17) is 5.26 Å². The van der Waals surface area contributed by atoms with Crippen LogP contribution in [-0.2, 0) is 6.42 Å². The third-order valence-corrected chi connectivity index (χ3v) is 2.89. The second-order valence-corrected chi connectivity index (χ2v) is 4.44. The molecule has 4 nitrogen and oxygen atoms in total. The highest BCUT2D eigenvalue weighted by atomic mass is 16.1. The average molecular weight is 265 g/mol. The molecule has 4 heteroatoms. The summed E-state index contributed by atoms with van der Waals surface area (Å²) in [6.07, 6.45) is 3.53. The number of aryl methyl sites for hydroxylation is 1. The smallest absolute Gasteiger partial charge is 0.256 e. The molecule has 0 atom stereocenters. The monoisotopic (exact) mass is 265 g/mol. The number of amides is 1. The molecule has 0 radical (unpaired) electrons. The Hall–Kier alpha value is -2.67. The molecule has 0 aliphatic heterocycles. The molecule has 0 spiro atoms. The normalized spacial score (nSPS) is 9.80. The van der Waals surface area contributed by atoms with E-state index in [2.05, 4.69) is 17.2 Å². The summed E-state index contributed by atoms with van der Waals surface area (Å²) in [5.74, 6) is 0.233. The summed E-state index contributed by atoms with van der Waals surface area (Å²) in [6.45, 7) is 2.12. The van der Waals surface area contributed by atoms with E-state index in [0.29, 0.717) is 16.9 Å². The van der Waals surface area contributed by atoms with Gasteiger partial charge < -0.3 is 5.32 Å². The van der Waals surface area contributed by atoms with E-state index in [1.165, 1.54) is 11.8 Å². The number of hydrogen-bond donors (Lipinski definition) is 1. The SMILES string of the molecule is CCCc1ccc(C(=O)Nc2ccc(C#N)cn2)cc1. The number of nitrogens with one attached hydrogen (secondary N) is 1. The fourth-order valence-corrected chi connectivity index (χ4v) is 1.83. The Labute approximate surface area is 118 Å². The maximum absolute atomic E-state index is 12.0. The molecule has 1 amide bonds. The summed E-state index contributed by atoms with van der Waals surface area (Å²) in [6, 6.07) is 12.8. The minimum Gasteiger partial charge on any atom is -0.307 e. The Balaban J connectivity index is 2.05. The molecule has 2 rings (SSSR count). The van der Waals surface area contributed by atoms with Gasteiger partial charge in [-0.15, -0.1) is 0 Å². The lowest BCUT2D eigenvalue weighted by atomic mass is 10.1. The predicted molar refractivity (Wildman–Crippen MR) is 77.3 cm³/mol. The van der Waals surface area contributed by atoms with Gasteiger partial charge in [0.25, 0.3) is 5.91 Å². The van der Waals surface area contributed by atoms with Crippen molar-refractivity contribution in [2.24, 2.45) is 0 Å². The van der Waals surface area contributed by atoms with Gasteiger partial charge in [-0.1, -0.05) is 25.5 Å². The highest BCUT2D eigenvalue weighted by Crippen LogP contribution is 2.10. The topological polar surface area (TPSA) is 65.8 Å². The molecule has 1 N–H and O–H groups in total. The van der Waals surface area contributed by atoms with Gasteiger partial charge in [0.2, 0.25) is 0 Å². The van der Waals surface area contributed by atoms with Crippen LogP contribution < -0.4 is 5.32 Å². The molecule has 0 bridgehead atoms. The van der Waals surface area contributed by atoms with Crippen LogP contribution in [0.2, 0.25) is 0 Å². The van der Waals surface area contributed by atoms with Crippen molar-refractivity contribution in [3.05, 3.63) is 59.3 Å². The Bertz CT molecular complexity index is 624. The zero-order chi connectivity index (χ0) is 14.4. The zero-order valence-electron chi connectivity index (χ0n) is 11.3. The number of hydrogen-bond acceptors (Lipinski definition) is 3. The Morgan fingerprint density at radius 3 is 2.55 bits per heavy atom. The first-order chi connectivity index (χ1) is 9.72. The number of carbonyl (C=O) groups is 1. The van der Waals surface area contributed by atoms with Crippen molar-refractivity contribution in [1.29, 1.82) is 5.26 Å². The first-order valence-electron chi connectivity index (χ1n) is 6.49. The molecular weight excluding hydrogens is 250 g/mol. The number of benzene rings is 1. The van der Waals surface area contributed by atoms with E-state index in [0.717, 1.165) is 12.8 Å². The van der Waals surface area contributed by atoms with Gasteiger partial charge in [0.05, 0.1) is 5.56 Å². The van der Waals surface area contributed by atoms with Crippen LogP contribution in [0.4, 0.5) is 5.82 Å². The lowest BCUT2D eigenvalue weighted by Crippen LogP contribution is -2.12. The maximum atomic E-state index is 12.0. The standard InChI is InChI=1S/C16H15N3O/c1-2-3-12-4-7-14(8-5-12)16(20)19-15-9-6-13(10-17)11-18-15/h4-9,11H,2-3H2,1H3,(H,18,19,20). The van der Waals surface area contributed by atoms with E-state index >= 15 is 0 Å². The fourth-order valence-electron chi connectivity index (χ4n) is 1.83. The Morgan fingerprint density at radius 2 is 2.00 bits per heavy atom. The predicted octanol–water partition coefficient (Wildman–Crippen LogP) is 3.16. The molecule has 0 saturated heterocycles. The molecule has 1 aromatic heterocycles. The van der Waals surface area contributed by atoms with Crippen LogP contribution in [0.5, 0.6) is 0 Å². The van der Waals surface area contributed by atoms with Crippen LogP contribution >= 0.6 is 0 Å². The van der Waals surface area contributed by atoms with E-state index < -0.39 is 0 Å². The van der Waals surface area contributed by atoms with E-state index in [9.17, 15) is 4.79 Å². The van der Waals surface area contributed by atoms with Crippen LogP contribution in [0.1, 0.15) is 34.8 Å². The van der Waals surface area contributed by atoms with Gasteiger partial charge >= 0.3 is 0 Å². The molecule has 0 aliphatic rings. The van der Waals surface area contributed by atoms with Crippen molar-refractivity contribution in [2.75, 3.05) is 5.32 Å². The number of anilines is 1. The summed E-state index contributed by atoms with van der Waals surface area (Å²) >= 11 is 0. The van der Waals surface area contributed by atoms with Gasteiger partial charge in [-0.05, 0) is 36.2 Å². The van der Waals surface area contributed by atoms with Crippen molar-refractivity contribution in [1.82, 2.24) is 4.98 Å². The van der Waals surface area contributed by atoms with Gasteiger partial charge in [0, 0.05) is 11.8 Å². The highest BCUT2D eigenvalue weighted by molar-refractivity contribution is 6.03. The number of nitrogens with zero attached hydrogens (tertiary/aromatic N) is 2. The zero-order valence-corrected chi connectivity index (χ0v) is 11.3. The van der Waals surface area contributed by atoms with Crippen LogP contribution in [0.3, 0.4) is 0 Å². The molecule has 0 aliphatic carbocycles. The third-order valence-electron chi connectivity index (χ3n) is 2.89. The number of aromatic nitrogens is 1. The minimum absolute atomic E-state index is 0.203. The van der Waals surface area contributed by atoms with E-state index in [1.54, 1.807) is 12.1 Å². The molecule has 20 heavy (non-hydrogen) atoms. The van der Waals surface area contributed by atoms with Crippen LogP contribution in [0.15, 0.2) is 42.6 Å². The molecule has 0 fully saturated rings. The van der Waals surface area contributed by atoms with Gasteiger partial charge in [0.15, 0.2) is 0 Å². The molecule has 100 valence electrons. The maximum Gasteiger partial charge on any atom is 0.256 e. The highest BCUT2D eigenvalue weighted by Gasteiger charge is 2.06. The molecule has 1 aromatic carbocycles. The first kappa shape index (κ1) is 13.8. The minimum atomic E-state index is -0.203. The third kappa shape index (κ3) is 3.42. The lowest BCUT2D eigenvalue weighted by molar-refractivity contribution is 0.102.